The first-order valence-electron chi connectivity index (χ1n) is 6.35. The first-order chi connectivity index (χ1) is 8.74. The van der Waals surface area contributed by atoms with Crippen LogP contribution in [-0.4, -0.2) is 19.0 Å². The van der Waals surface area contributed by atoms with E-state index in [1.54, 1.807) is 0 Å². The van der Waals surface area contributed by atoms with E-state index in [-0.39, 0.29) is 12.4 Å². The Hall–Kier alpha value is -1.32. The first kappa shape index (κ1) is 13.1. The van der Waals surface area contributed by atoms with Crippen molar-refractivity contribution >= 4 is 0 Å². The highest BCUT2D eigenvalue weighted by Gasteiger charge is 2.22. The number of benzene rings is 1. The van der Waals surface area contributed by atoms with E-state index < -0.39 is 0 Å². The zero-order chi connectivity index (χ0) is 12.8. The van der Waals surface area contributed by atoms with Gasteiger partial charge in [-0.2, -0.15) is 0 Å². The van der Waals surface area contributed by atoms with Crippen molar-refractivity contribution in [3.05, 3.63) is 48.2 Å². The Labute approximate surface area is 108 Å². The average molecular weight is 248 g/mol. The molecule has 1 aliphatic heterocycles. The summed E-state index contributed by atoms with van der Waals surface area (Å²) < 4.78 is 16.6. The van der Waals surface area contributed by atoms with Crippen LogP contribution >= 0.6 is 0 Å². The molecule has 0 amide bonds. The number of hydrogen-bond donors (Lipinski definition) is 0. The van der Waals surface area contributed by atoms with E-state index >= 15 is 0 Å². The summed E-state index contributed by atoms with van der Waals surface area (Å²) in [5.41, 5.74) is 1.20. The van der Waals surface area contributed by atoms with Crippen LogP contribution in [0.1, 0.15) is 25.3 Å². The molecule has 1 saturated heterocycles. The number of ether oxygens (including phenoxy) is 3. The van der Waals surface area contributed by atoms with Crippen LogP contribution in [0.15, 0.2) is 42.7 Å². The predicted octanol–water partition coefficient (Wildman–Crippen LogP) is 3.26. The smallest absolute Gasteiger partial charge is 0.196 e. The van der Waals surface area contributed by atoms with Crippen LogP contribution in [0.4, 0.5) is 0 Å². The van der Waals surface area contributed by atoms with E-state index in [9.17, 15) is 0 Å². The van der Waals surface area contributed by atoms with Gasteiger partial charge in [-0.3, -0.25) is 0 Å². The molecule has 98 valence electrons. The van der Waals surface area contributed by atoms with E-state index in [0.717, 1.165) is 18.6 Å². The summed E-state index contributed by atoms with van der Waals surface area (Å²) in [4.78, 5) is 0. The van der Waals surface area contributed by atoms with Gasteiger partial charge in [0.1, 0.15) is 0 Å². The molecule has 1 aromatic rings. The zero-order valence-corrected chi connectivity index (χ0v) is 10.8. The molecule has 0 saturated carbocycles. The van der Waals surface area contributed by atoms with Crippen LogP contribution in [-0.2, 0) is 20.8 Å². The highest BCUT2D eigenvalue weighted by atomic mass is 16.7. The number of rotatable bonds is 5. The van der Waals surface area contributed by atoms with Gasteiger partial charge in [0.05, 0.1) is 18.5 Å². The lowest BCUT2D eigenvalue weighted by Crippen LogP contribution is -2.29. The Kier molecular flexibility index (Phi) is 4.79. The second kappa shape index (κ2) is 6.57. The van der Waals surface area contributed by atoms with Crippen LogP contribution < -0.4 is 0 Å². The molecule has 0 N–H and O–H groups in total. The van der Waals surface area contributed by atoms with Gasteiger partial charge < -0.3 is 14.2 Å². The molecule has 1 fully saturated rings. The van der Waals surface area contributed by atoms with E-state index in [1.807, 2.05) is 25.1 Å². The molecule has 0 aromatic heterocycles. The topological polar surface area (TPSA) is 27.7 Å². The molecular weight excluding hydrogens is 228 g/mol. The van der Waals surface area contributed by atoms with Crippen molar-refractivity contribution in [2.24, 2.45) is 0 Å². The van der Waals surface area contributed by atoms with Gasteiger partial charge >= 0.3 is 0 Å². The van der Waals surface area contributed by atoms with Crippen LogP contribution in [0.2, 0.25) is 0 Å². The van der Waals surface area contributed by atoms with Gasteiger partial charge in [-0.25, -0.2) is 0 Å². The van der Waals surface area contributed by atoms with Crippen LogP contribution in [0.5, 0.6) is 0 Å². The molecule has 0 radical (unpaired) electrons. The number of hydrogen-bond acceptors (Lipinski definition) is 3. The summed E-state index contributed by atoms with van der Waals surface area (Å²) in [5.74, 6) is 0.807. The fourth-order valence-corrected chi connectivity index (χ4v) is 2.03. The minimum atomic E-state index is -0.189. The quantitative estimate of drug-likeness (QED) is 0.749. The van der Waals surface area contributed by atoms with Gasteiger partial charge in [0, 0.05) is 13.0 Å². The lowest BCUT2D eigenvalue weighted by molar-refractivity contribution is -0.177. The normalized spacial score (nSPS) is 23.7. The van der Waals surface area contributed by atoms with Gasteiger partial charge in [0.25, 0.3) is 0 Å². The lowest BCUT2D eigenvalue weighted by Gasteiger charge is -2.29. The largest absolute Gasteiger partial charge is 0.470 e. The van der Waals surface area contributed by atoms with Crippen molar-refractivity contribution < 1.29 is 14.2 Å². The molecule has 2 rings (SSSR count). The molecule has 1 aliphatic rings. The molecule has 0 aliphatic carbocycles. The summed E-state index contributed by atoms with van der Waals surface area (Å²) in [6, 6.07) is 10.2. The minimum absolute atomic E-state index is 0.164. The van der Waals surface area contributed by atoms with E-state index in [0.29, 0.717) is 13.2 Å². The van der Waals surface area contributed by atoms with Gasteiger partial charge in [-0.1, -0.05) is 36.9 Å². The Bertz CT molecular complexity index is 375. The molecule has 1 heterocycles. The van der Waals surface area contributed by atoms with Gasteiger partial charge in [0.2, 0.25) is 0 Å². The van der Waals surface area contributed by atoms with Crippen LogP contribution in [0, 0.1) is 0 Å². The Morgan fingerprint density at radius 2 is 2.11 bits per heavy atom. The van der Waals surface area contributed by atoms with Crippen molar-refractivity contribution in [1.29, 1.82) is 0 Å². The molecule has 18 heavy (non-hydrogen) atoms. The van der Waals surface area contributed by atoms with Gasteiger partial charge in [0.15, 0.2) is 6.29 Å². The Morgan fingerprint density at radius 1 is 1.33 bits per heavy atom. The monoisotopic (exact) mass is 248 g/mol. The second-order valence-corrected chi connectivity index (χ2v) is 4.51. The van der Waals surface area contributed by atoms with E-state index in [4.69, 9.17) is 14.2 Å². The molecular formula is C15H20O3. The second-order valence-electron chi connectivity index (χ2n) is 4.51. The third-order valence-electron chi connectivity index (χ3n) is 2.87. The summed E-state index contributed by atoms with van der Waals surface area (Å²) in [5, 5.41) is 0. The standard InChI is InChI=1S/C15H20O3/c1-12-10-15(18-13(2)17-12)8-9-16-11-14-6-4-3-5-7-14/h3-7,13,15H,1,8-11H2,2H3/t13-,15+/m1/s1. The summed E-state index contributed by atoms with van der Waals surface area (Å²) >= 11 is 0. The molecule has 0 spiro atoms. The fraction of sp³-hybridized carbons (Fsp3) is 0.467. The lowest BCUT2D eigenvalue weighted by atomic mass is 10.1. The third kappa shape index (κ3) is 4.17. The van der Waals surface area contributed by atoms with E-state index in [2.05, 4.69) is 18.7 Å². The van der Waals surface area contributed by atoms with E-state index in [1.165, 1.54) is 5.56 Å². The van der Waals surface area contributed by atoms with Crippen molar-refractivity contribution in [2.45, 2.75) is 38.8 Å². The minimum Gasteiger partial charge on any atom is -0.470 e. The average Bonchev–Trinajstić information content (AvgIpc) is 2.35. The maximum atomic E-state index is 5.65. The molecule has 0 bridgehead atoms. The third-order valence-corrected chi connectivity index (χ3v) is 2.87. The maximum Gasteiger partial charge on any atom is 0.196 e. The summed E-state index contributed by atoms with van der Waals surface area (Å²) in [7, 11) is 0. The van der Waals surface area contributed by atoms with Crippen LogP contribution in [0.25, 0.3) is 0 Å². The molecule has 0 unspecified atom stereocenters. The highest BCUT2D eigenvalue weighted by molar-refractivity contribution is 5.13. The maximum absolute atomic E-state index is 5.65. The van der Waals surface area contributed by atoms with Crippen molar-refractivity contribution in [3.8, 4) is 0 Å². The summed E-state index contributed by atoms with van der Waals surface area (Å²) in [6.45, 7) is 7.09. The molecule has 3 heteroatoms. The summed E-state index contributed by atoms with van der Waals surface area (Å²) in [6.07, 6.45) is 1.61. The van der Waals surface area contributed by atoms with Crippen molar-refractivity contribution in [2.75, 3.05) is 6.61 Å². The van der Waals surface area contributed by atoms with Gasteiger partial charge in [-0.05, 0) is 18.9 Å². The Balaban J connectivity index is 1.65. The van der Waals surface area contributed by atoms with Gasteiger partial charge in [-0.15, -0.1) is 0 Å². The SMILES string of the molecule is C=C1C[C@H](CCOCc2ccccc2)O[C@H](C)O1. The molecule has 1 aromatic carbocycles. The van der Waals surface area contributed by atoms with Crippen molar-refractivity contribution in [3.63, 3.8) is 0 Å². The predicted molar refractivity (Wildman–Crippen MR) is 69.9 cm³/mol. The first-order valence-corrected chi connectivity index (χ1v) is 6.35. The Morgan fingerprint density at radius 3 is 2.83 bits per heavy atom. The molecule has 3 nitrogen and oxygen atoms in total. The van der Waals surface area contributed by atoms with Crippen molar-refractivity contribution in [1.82, 2.24) is 0 Å². The zero-order valence-electron chi connectivity index (χ0n) is 10.8. The van der Waals surface area contributed by atoms with Crippen LogP contribution in [0.3, 0.4) is 0 Å². The highest BCUT2D eigenvalue weighted by Crippen LogP contribution is 2.22. The molecule has 2 atom stereocenters. The fourth-order valence-electron chi connectivity index (χ4n) is 2.03.